The standard InChI is InChI=1S/C16H23NO4S/c18-16(19)13-22(20,21)11-10-17-9-5-4-8-15(17)12-14-6-2-1-3-7-14/h1-3,6-7,15H,4-5,8-13H2,(H,18,19). The third kappa shape index (κ3) is 5.42. The van der Waals surface area contributed by atoms with E-state index < -0.39 is 21.6 Å². The average Bonchev–Trinajstić information content (AvgIpc) is 2.46. The molecule has 2 rings (SSSR count). The number of aliphatic carboxylic acids is 1. The monoisotopic (exact) mass is 325 g/mol. The van der Waals surface area contributed by atoms with Crippen molar-refractivity contribution in [3.63, 3.8) is 0 Å². The van der Waals surface area contributed by atoms with Crippen LogP contribution in [0.15, 0.2) is 30.3 Å². The number of carboxylic acids is 1. The van der Waals surface area contributed by atoms with E-state index in [1.54, 1.807) is 0 Å². The van der Waals surface area contributed by atoms with E-state index in [1.165, 1.54) is 5.56 Å². The summed E-state index contributed by atoms with van der Waals surface area (Å²) in [5.41, 5.74) is 1.26. The quantitative estimate of drug-likeness (QED) is 0.824. The van der Waals surface area contributed by atoms with Crippen molar-refractivity contribution in [1.82, 2.24) is 4.90 Å². The smallest absolute Gasteiger partial charge is 0.318 e. The van der Waals surface area contributed by atoms with Gasteiger partial charge in [-0.05, 0) is 31.4 Å². The molecule has 0 aromatic heterocycles. The van der Waals surface area contributed by atoms with Crippen molar-refractivity contribution >= 4 is 15.8 Å². The van der Waals surface area contributed by atoms with Crippen LogP contribution in [0.2, 0.25) is 0 Å². The highest BCUT2D eigenvalue weighted by atomic mass is 32.2. The number of nitrogens with zero attached hydrogens (tertiary/aromatic N) is 1. The topological polar surface area (TPSA) is 74.7 Å². The first-order chi connectivity index (χ1) is 10.5. The van der Waals surface area contributed by atoms with Gasteiger partial charge in [0.15, 0.2) is 9.84 Å². The second-order valence-corrected chi connectivity index (χ2v) is 8.05. The molecular weight excluding hydrogens is 302 g/mol. The van der Waals surface area contributed by atoms with E-state index in [9.17, 15) is 13.2 Å². The van der Waals surface area contributed by atoms with Gasteiger partial charge in [0.25, 0.3) is 0 Å². The number of benzene rings is 1. The molecule has 1 aromatic carbocycles. The predicted octanol–water partition coefficient (Wildman–Crippen LogP) is 1.58. The number of likely N-dealkylation sites (tertiary alicyclic amines) is 1. The van der Waals surface area contributed by atoms with Gasteiger partial charge in [-0.3, -0.25) is 9.69 Å². The maximum atomic E-state index is 11.7. The van der Waals surface area contributed by atoms with Crippen molar-refractivity contribution in [2.45, 2.75) is 31.7 Å². The molecule has 0 radical (unpaired) electrons. The van der Waals surface area contributed by atoms with Gasteiger partial charge >= 0.3 is 5.97 Å². The van der Waals surface area contributed by atoms with Crippen LogP contribution in [0, 0.1) is 0 Å². The van der Waals surface area contributed by atoms with Gasteiger partial charge in [-0.1, -0.05) is 36.8 Å². The summed E-state index contributed by atoms with van der Waals surface area (Å²) in [6.45, 7) is 1.31. The van der Waals surface area contributed by atoms with Gasteiger partial charge in [0.05, 0.1) is 5.75 Å². The van der Waals surface area contributed by atoms with E-state index in [4.69, 9.17) is 5.11 Å². The molecule has 1 unspecified atom stereocenters. The van der Waals surface area contributed by atoms with E-state index in [0.29, 0.717) is 12.6 Å². The molecule has 0 saturated carbocycles. The van der Waals surface area contributed by atoms with Crippen LogP contribution in [0.5, 0.6) is 0 Å². The SMILES string of the molecule is O=C(O)CS(=O)(=O)CCN1CCCCC1Cc1ccccc1. The fourth-order valence-electron chi connectivity index (χ4n) is 2.99. The lowest BCUT2D eigenvalue weighted by Gasteiger charge is -2.35. The molecule has 1 aromatic rings. The fraction of sp³-hybridized carbons (Fsp3) is 0.562. The number of hydrogen-bond acceptors (Lipinski definition) is 4. The van der Waals surface area contributed by atoms with Crippen LogP contribution in [0.25, 0.3) is 0 Å². The highest BCUT2D eigenvalue weighted by Crippen LogP contribution is 2.20. The molecule has 0 bridgehead atoms. The Kier molecular flexibility index (Phi) is 5.97. The average molecular weight is 325 g/mol. The van der Waals surface area contributed by atoms with E-state index >= 15 is 0 Å². The zero-order valence-corrected chi connectivity index (χ0v) is 13.5. The van der Waals surface area contributed by atoms with Crippen molar-refractivity contribution < 1.29 is 18.3 Å². The lowest BCUT2D eigenvalue weighted by Crippen LogP contribution is -2.43. The zero-order chi connectivity index (χ0) is 16.0. The van der Waals surface area contributed by atoms with Crippen LogP contribution in [0.1, 0.15) is 24.8 Å². The van der Waals surface area contributed by atoms with Crippen molar-refractivity contribution in [2.75, 3.05) is 24.6 Å². The molecule has 1 atom stereocenters. The summed E-state index contributed by atoms with van der Waals surface area (Å²) in [4.78, 5) is 12.8. The normalized spacial score (nSPS) is 19.9. The van der Waals surface area contributed by atoms with Crippen LogP contribution in [-0.2, 0) is 21.1 Å². The van der Waals surface area contributed by atoms with Crippen LogP contribution in [0.4, 0.5) is 0 Å². The lowest BCUT2D eigenvalue weighted by atomic mass is 9.96. The van der Waals surface area contributed by atoms with E-state index in [1.807, 2.05) is 18.2 Å². The van der Waals surface area contributed by atoms with Crippen molar-refractivity contribution in [1.29, 1.82) is 0 Å². The first-order valence-electron chi connectivity index (χ1n) is 7.66. The highest BCUT2D eigenvalue weighted by Gasteiger charge is 2.25. The Labute approximate surface area is 131 Å². The van der Waals surface area contributed by atoms with Gasteiger partial charge in [-0.15, -0.1) is 0 Å². The minimum atomic E-state index is -3.52. The second kappa shape index (κ2) is 7.74. The molecule has 1 aliphatic rings. The van der Waals surface area contributed by atoms with Crippen molar-refractivity contribution in [3.05, 3.63) is 35.9 Å². The Balaban J connectivity index is 1.94. The molecule has 5 nitrogen and oxygen atoms in total. The van der Waals surface area contributed by atoms with Crippen LogP contribution >= 0.6 is 0 Å². The molecular formula is C16H23NO4S. The van der Waals surface area contributed by atoms with Gasteiger partial charge in [0.2, 0.25) is 0 Å². The highest BCUT2D eigenvalue weighted by molar-refractivity contribution is 7.92. The summed E-state index contributed by atoms with van der Waals surface area (Å²) in [6.07, 6.45) is 4.22. The first-order valence-corrected chi connectivity index (χ1v) is 9.48. The Morgan fingerprint density at radius 3 is 2.64 bits per heavy atom. The van der Waals surface area contributed by atoms with Crippen LogP contribution < -0.4 is 0 Å². The first kappa shape index (κ1) is 17.0. The molecule has 1 N–H and O–H groups in total. The van der Waals surface area contributed by atoms with E-state index in [2.05, 4.69) is 17.0 Å². The maximum Gasteiger partial charge on any atom is 0.318 e. The lowest BCUT2D eigenvalue weighted by molar-refractivity contribution is -0.134. The number of carbonyl (C=O) groups is 1. The van der Waals surface area contributed by atoms with E-state index in [-0.39, 0.29) is 5.75 Å². The molecule has 122 valence electrons. The molecule has 1 fully saturated rings. The van der Waals surface area contributed by atoms with Crippen LogP contribution in [0.3, 0.4) is 0 Å². The Hall–Kier alpha value is -1.40. The zero-order valence-electron chi connectivity index (χ0n) is 12.6. The molecule has 0 spiro atoms. The Morgan fingerprint density at radius 2 is 1.95 bits per heavy atom. The van der Waals surface area contributed by atoms with Gasteiger partial charge in [0.1, 0.15) is 5.75 Å². The number of piperidine rings is 1. The summed E-state index contributed by atoms with van der Waals surface area (Å²) >= 11 is 0. The van der Waals surface area contributed by atoms with Gasteiger partial charge < -0.3 is 5.11 Å². The van der Waals surface area contributed by atoms with Crippen molar-refractivity contribution in [3.8, 4) is 0 Å². The fourth-order valence-corrected chi connectivity index (χ4v) is 4.02. The third-order valence-corrected chi connectivity index (χ3v) is 5.59. The molecule has 1 aliphatic heterocycles. The summed E-state index contributed by atoms with van der Waals surface area (Å²) < 4.78 is 23.5. The summed E-state index contributed by atoms with van der Waals surface area (Å²) in [7, 11) is -3.52. The summed E-state index contributed by atoms with van der Waals surface area (Å²) in [5.74, 6) is -2.13. The van der Waals surface area contributed by atoms with E-state index in [0.717, 1.165) is 32.2 Å². The summed E-state index contributed by atoms with van der Waals surface area (Å²) in [5, 5.41) is 8.64. The third-order valence-electron chi connectivity index (χ3n) is 4.10. The van der Waals surface area contributed by atoms with Gasteiger partial charge in [-0.25, -0.2) is 8.42 Å². The second-order valence-electron chi connectivity index (χ2n) is 5.86. The molecule has 6 heteroatoms. The molecule has 1 heterocycles. The van der Waals surface area contributed by atoms with Crippen LogP contribution in [-0.4, -0.2) is 55.0 Å². The minimum absolute atomic E-state index is 0.0788. The number of carboxylic acid groups (broad SMARTS) is 1. The number of sulfone groups is 1. The Bertz CT molecular complexity index is 585. The van der Waals surface area contributed by atoms with Gasteiger partial charge in [-0.2, -0.15) is 0 Å². The van der Waals surface area contributed by atoms with Gasteiger partial charge in [0, 0.05) is 12.6 Å². The number of hydrogen-bond donors (Lipinski definition) is 1. The molecule has 1 saturated heterocycles. The molecule has 0 aliphatic carbocycles. The maximum absolute atomic E-state index is 11.7. The largest absolute Gasteiger partial charge is 0.480 e. The predicted molar refractivity (Wildman–Crippen MR) is 85.6 cm³/mol. The number of rotatable bonds is 7. The minimum Gasteiger partial charge on any atom is -0.480 e. The van der Waals surface area contributed by atoms with Crippen molar-refractivity contribution in [2.24, 2.45) is 0 Å². The molecule has 0 amide bonds. The Morgan fingerprint density at radius 1 is 1.23 bits per heavy atom. The molecule has 22 heavy (non-hydrogen) atoms. The summed E-state index contributed by atoms with van der Waals surface area (Å²) in [6, 6.07) is 10.5.